The second-order valence-electron chi connectivity index (χ2n) is 8.34. The lowest BCUT2D eigenvalue weighted by Gasteiger charge is -2.31. The minimum Gasteiger partial charge on any atom is -0.376 e. The van der Waals surface area contributed by atoms with Crippen molar-refractivity contribution in [3.05, 3.63) is 129 Å². The Bertz CT molecular complexity index is 1630. The molecule has 0 amide bonds. The average Bonchev–Trinajstić information content (AvgIpc) is 2.88. The Morgan fingerprint density at radius 1 is 0.730 bits per heavy atom. The van der Waals surface area contributed by atoms with Crippen molar-refractivity contribution >= 4 is 45.7 Å². The van der Waals surface area contributed by atoms with Gasteiger partial charge in [0.1, 0.15) is 16.4 Å². The van der Waals surface area contributed by atoms with Crippen LogP contribution in [-0.2, 0) is 11.8 Å². The van der Waals surface area contributed by atoms with Gasteiger partial charge in [0, 0.05) is 22.2 Å². The van der Waals surface area contributed by atoms with Crippen LogP contribution in [0.1, 0.15) is 22.4 Å². The molecule has 2 heterocycles. The summed E-state index contributed by atoms with van der Waals surface area (Å²) >= 11 is 19.5. The van der Waals surface area contributed by atoms with Crippen LogP contribution in [0.5, 0.6) is 0 Å². The number of aliphatic hydroxyl groups is 1. The maximum atomic E-state index is 13.5. The van der Waals surface area contributed by atoms with Crippen LogP contribution < -0.4 is 0 Å². The highest BCUT2D eigenvalue weighted by Crippen LogP contribution is 2.43. The lowest BCUT2D eigenvalue weighted by molar-refractivity contribution is -0.141. The van der Waals surface area contributed by atoms with Crippen molar-refractivity contribution in [2.75, 3.05) is 0 Å². The van der Waals surface area contributed by atoms with Gasteiger partial charge in [0.25, 0.3) is 0 Å². The third-order valence-electron chi connectivity index (χ3n) is 6.07. The molecule has 0 saturated heterocycles. The van der Waals surface area contributed by atoms with Gasteiger partial charge in [-0.3, -0.25) is 4.98 Å². The summed E-state index contributed by atoms with van der Waals surface area (Å²) in [6, 6.07) is 22.4. The van der Waals surface area contributed by atoms with Gasteiger partial charge in [-0.05, 0) is 58.7 Å². The fourth-order valence-corrected chi connectivity index (χ4v) is 5.18. The fraction of sp³-hybridized carbons (Fsp3) is 0.0714. The van der Waals surface area contributed by atoms with E-state index in [-0.39, 0.29) is 21.8 Å². The molecule has 0 radical (unpaired) electrons. The topological polar surface area (TPSA) is 46.0 Å². The molecule has 5 aromatic rings. The summed E-state index contributed by atoms with van der Waals surface area (Å²) in [6.45, 7) is 0. The van der Waals surface area contributed by atoms with Gasteiger partial charge < -0.3 is 5.11 Å². The third-order valence-corrected chi connectivity index (χ3v) is 6.97. The van der Waals surface area contributed by atoms with Crippen LogP contribution in [0.2, 0.25) is 15.2 Å². The molecule has 37 heavy (non-hydrogen) atoms. The SMILES string of the molecule is OC(c1cccc(Cl)c1)(c1ccnc(C(F)(F)F)c1)c1ccc2nc(Cl)c(-c3ccccc3)c(Cl)c2c1. The number of rotatable bonds is 4. The molecule has 0 aliphatic heterocycles. The highest BCUT2D eigenvalue weighted by molar-refractivity contribution is 6.42. The van der Waals surface area contributed by atoms with E-state index in [1.54, 1.807) is 36.4 Å². The zero-order chi connectivity index (χ0) is 26.4. The summed E-state index contributed by atoms with van der Waals surface area (Å²) in [4.78, 5) is 7.90. The van der Waals surface area contributed by atoms with Crippen LogP contribution in [-0.4, -0.2) is 15.1 Å². The van der Waals surface area contributed by atoms with Crippen molar-refractivity contribution in [1.29, 1.82) is 0 Å². The van der Waals surface area contributed by atoms with E-state index in [1.807, 2.05) is 30.3 Å². The molecular weight excluding hydrogens is 544 g/mol. The maximum Gasteiger partial charge on any atom is 0.433 e. The van der Waals surface area contributed by atoms with Crippen molar-refractivity contribution < 1.29 is 18.3 Å². The summed E-state index contributed by atoms with van der Waals surface area (Å²) < 4.78 is 40.6. The lowest BCUT2D eigenvalue weighted by Crippen LogP contribution is -2.29. The predicted molar refractivity (Wildman–Crippen MR) is 140 cm³/mol. The van der Waals surface area contributed by atoms with Crippen molar-refractivity contribution in [2.24, 2.45) is 0 Å². The first-order valence-electron chi connectivity index (χ1n) is 11.0. The molecule has 3 nitrogen and oxygen atoms in total. The fourth-order valence-electron chi connectivity index (χ4n) is 4.30. The van der Waals surface area contributed by atoms with Crippen LogP contribution >= 0.6 is 34.8 Å². The number of halogens is 6. The Kier molecular flexibility index (Phi) is 6.62. The number of hydrogen-bond acceptors (Lipinski definition) is 3. The Labute approximate surface area is 225 Å². The first kappa shape index (κ1) is 25.5. The third kappa shape index (κ3) is 4.66. The largest absolute Gasteiger partial charge is 0.433 e. The molecule has 9 heteroatoms. The predicted octanol–water partition coefficient (Wildman–Crippen LogP) is 8.56. The molecule has 0 saturated carbocycles. The van der Waals surface area contributed by atoms with Gasteiger partial charge in [-0.2, -0.15) is 13.2 Å². The average molecular weight is 560 g/mol. The van der Waals surface area contributed by atoms with Gasteiger partial charge in [-0.25, -0.2) is 4.98 Å². The van der Waals surface area contributed by atoms with E-state index in [4.69, 9.17) is 34.8 Å². The molecule has 0 fully saturated rings. The van der Waals surface area contributed by atoms with E-state index < -0.39 is 17.5 Å². The van der Waals surface area contributed by atoms with Crippen molar-refractivity contribution in [3.8, 4) is 11.1 Å². The monoisotopic (exact) mass is 558 g/mol. The number of benzene rings is 3. The molecular formula is C28H16Cl3F3N2O. The number of fused-ring (bicyclic) bond motifs is 1. The molecule has 1 atom stereocenters. The Balaban J connectivity index is 1.79. The number of aromatic nitrogens is 2. The minimum atomic E-state index is -4.71. The van der Waals surface area contributed by atoms with Gasteiger partial charge in [0.2, 0.25) is 0 Å². The van der Waals surface area contributed by atoms with Gasteiger partial charge in [0.05, 0.1) is 10.5 Å². The van der Waals surface area contributed by atoms with Crippen molar-refractivity contribution in [3.63, 3.8) is 0 Å². The summed E-state index contributed by atoms with van der Waals surface area (Å²) in [6.07, 6.45) is -3.69. The van der Waals surface area contributed by atoms with E-state index in [1.165, 1.54) is 12.1 Å². The number of alkyl halides is 3. The van der Waals surface area contributed by atoms with E-state index >= 15 is 0 Å². The first-order chi connectivity index (χ1) is 17.6. The van der Waals surface area contributed by atoms with Crippen LogP contribution in [0.3, 0.4) is 0 Å². The summed E-state index contributed by atoms with van der Waals surface area (Å²) in [5.41, 5.74) is -0.988. The summed E-state index contributed by atoms with van der Waals surface area (Å²) in [7, 11) is 0. The molecule has 2 aromatic heterocycles. The quantitative estimate of drug-likeness (QED) is 0.224. The molecule has 5 rings (SSSR count). The summed E-state index contributed by atoms with van der Waals surface area (Å²) in [5.74, 6) is 0. The zero-order valence-electron chi connectivity index (χ0n) is 18.8. The van der Waals surface area contributed by atoms with E-state index in [9.17, 15) is 18.3 Å². The van der Waals surface area contributed by atoms with Crippen molar-refractivity contribution in [1.82, 2.24) is 9.97 Å². The minimum absolute atomic E-state index is 0.0437. The number of nitrogens with zero attached hydrogens (tertiary/aromatic N) is 2. The van der Waals surface area contributed by atoms with Crippen molar-refractivity contribution in [2.45, 2.75) is 11.8 Å². The normalized spacial score (nSPS) is 13.5. The lowest BCUT2D eigenvalue weighted by atomic mass is 9.80. The van der Waals surface area contributed by atoms with Gasteiger partial charge >= 0.3 is 6.18 Å². The maximum absolute atomic E-state index is 13.5. The van der Waals surface area contributed by atoms with Crippen LogP contribution in [0, 0.1) is 0 Å². The molecule has 0 aliphatic carbocycles. The van der Waals surface area contributed by atoms with Gasteiger partial charge in [-0.15, -0.1) is 0 Å². The Morgan fingerprint density at radius 3 is 2.14 bits per heavy atom. The second kappa shape index (κ2) is 9.62. The standard InChI is InChI=1S/C28H16Cl3F3N2O/c29-20-8-4-7-17(13-20)27(37,19-11-12-35-23(15-19)28(32,33)34)18-9-10-22-21(14-18)25(30)24(26(31)36-22)16-5-2-1-3-6-16/h1-15,37H. The highest BCUT2D eigenvalue weighted by Gasteiger charge is 2.38. The van der Waals surface area contributed by atoms with E-state index in [2.05, 4.69) is 9.97 Å². The highest BCUT2D eigenvalue weighted by atomic mass is 35.5. The first-order valence-corrected chi connectivity index (χ1v) is 12.1. The second-order valence-corrected chi connectivity index (χ2v) is 9.51. The zero-order valence-corrected chi connectivity index (χ0v) is 21.0. The molecule has 186 valence electrons. The van der Waals surface area contributed by atoms with Gasteiger partial charge in [0.15, 0.2) is 0 Å². The van der Waals surface area contributed by atoms with E-state index in [0.29, 0.717) is 26.5 Å². The van der Waals surface area contributed by atoms with Crippen LogP contribution in [0.15, 0.2) is 91.1 Å². The molecule has 3 aromatic carbocycles. The number of pyridine rings is 2. The van der Waals surface area contributed by atoms with Crippen LogP contribution in [0.25, 0.3) is 22.0 Å². The molecule has 0 bridgehead atoms. The molecule has 1 unspecified atom stereocenters. The molecule has 0 spiro atoms. The molecule has 0 aliphatic rings. The Morgan fingerprint density at radius 2 is 1.43 bits per heavy atom. The van der Waals surface area contributed by atoms with Crippen LogP contribution in [0.4, 0.5) is 13.2 Å². The Hall–Kier alpha value is -3.16. The number of hydrogen-bond donors (Lipinski definition) is 1. The summed E-state index contributed by atoms with van der Waals surface area (Å²) in [5, 5.41) is 13.5. The van der Waals surface area contributed by atoms with E-state index in [0.717, 1.165) is 17.8 Å². The smallest absolute Gasteiger partial charge is 0.376 e. The molecule has 1 N–H and O–H groups in total. The van der Waals surface area contributed by atoms with Gasteiger partial charge in [-0.1, -0.05) is 83.3 Å².